The highest BCUT2D eigenvalue weighted by Crippen LogP contribution is 2.17. The first-order valence-electron chi connectivity index (χ1n) is 6.37. The van der Waals surface area contributed by atoms with Gasteiger partial charge in [-0.2, -0.15) is 5.10 Å². The molecule has 124 valence electrons. The molecule has 0 atom stereocenters. The number of carbonyl (C=O) groups excluding carboxylic acids is 1. The van der Waals surface area contributed by atoms with Crippen molar-refractivity contribution in [1.29, 1.82) is 0 Å². The smallest absolute Gasteiger partial charge is 0.390 e. The molecule has 13 heteroatoms. The van der Waals surface area contributed by atoms with Crippen LogP contribution < -0.4 is 5.43 Å². The van der Waals surface area contributed by atoms with E-state index >= 15 is 0 Å². The van der Waals surface area contributed by atoms with E-state index in [0.717, 1.165) is 4.80 Å². The number of benzene rings is 1. The number of carbonyl (C=O) groups is 1. The van der Waals surface area contributed by atoms with Crippen molar-refractivity contribution < 1.29 is 14.6 Å². The van der Waals surface area contributed by atoms with Gasteiger partial charge >= 0.3 is 5.95 Å². The lowest BCUT2D eigenvalue weighted by Crippen LogP contribution is -2.22. The number of rotatable bonds is 6. The summed E-state index contributed by atoms with van der Waals surface area (Å²) in [5, 5.41) is 35.2. The summed E-state index contributed by atoms with van der Waals surface area (Å²) < 4.78 is 0. The Bertz CT molecular complexity index is 829. The standard InChI is InChI=1S/C11H10N8O5/c1-7(6-17-15-11(14-16-17)19(23)24)12-13-10(20)8-4-2-3-5-9(8)18(21)22/h2-5H,6H2,1H3,(H,13,20)/b12-7-. The van der Waals surface area contributed by atoms with Crippen molar-refractivity contribution in [2.75, 3.05) is 0 Å². The molecular weight excluding hydrogens is 324 g/mol. The zero-order chi connectivity index (χ0) is 17.7. The number of hydrogen-bond acceptors (Lipinski definition) is 9. The van der Waals surface area contributed by atoms with E-state index in [4.69, 9.17) is 0 Å². The van der Waals surface area contributed by atoms with Gasteiger partial charge in [-0.15, -0.1) is 0 Å². The zero-order valence-electron chi connectivity index (χ0n) is 12.2. The van der Waals surface area contributed by atoms with Crippen LogP contribution in [0.1, 0.15) is 17.3 Å². The van der Waals surface area contributed by atoms with Gasteiger partial charge in [0.15, 0.2) is 0 Å². The maximum atomic E-state index is 12.0. The number of para-hydroxylation sites is 1. The Kier molecular flexibility index (Phi) is 4.84. The lowest BCUT2D eigenvalue weighted by Gasteiger charge is -2.02. The quantitative estimate of drug-likeness (QED) is 0.446. The first-order chi connectivity index (χ1) is 11.4. The molecule has 0 spiro atoms. The van der Waals surface area contributed by atoms with Gasteiger partial charge in [0.05, 0.1) is 20.8 Å². The fourth-order valence-electron chi connectivity index (χ4n) is 1.65. The Morgan fingerprint density at radius 3 is 2.62 bits per heavy atom. The van der Waals surface area contributed by atoms with Gasteiger partial charge in [-0.3, -0.25) is 14.9 Å². The third-order valence-corrected chi connectivity index (χ3v) is 2.67. The number of nitrogens with one attached hydrogen (secondary N) is 1. The molecule has 0 aliphatic heterocycles. The number of hydrogen-bond donors (Lipinski definition) is 1. The van der Waals surface area contributed by atoms with E-state index < -0.39 is 21.7 Å². The summed E-state index contributed by atoms with van der Waals surface area (Å²) in [6.07, 6.45) is 0. The second-order valence-corrected chi connectivity index (χ2v) is 4.44. The summed E-state index contributed by atoms with van der Waals surface area (Å²) in [7, 11) is 0. The molecule has 0 fully saturated rings. The lowest BCUT2D eigenvalue weighted by molar-refractivity contribution is -0.394. The molecule has 1 N–H and O–H groups in total. The molecule has 2 aromatic rings. The number of nitro benzene ring substituents is 1. The highest BCUT2D eigenvalue weighted by molar-refractivity contribution is 5.98. The molecule has 13 nitrogen and oxygen atoms in total. The first-order valence-corrected chi connectivity index (χ1v) is 6.37. The summed E-state index contributed by atoms with van der Waals surface area (Å²) in [6.45, 7) is 1.45. The van der Waals surface area contributed by atoms with E-state index in [9.17, 15) is 25.0 Å². The molecule has 0 aliphatic carbocycles. The molecule has 0 aliphatic rings. The molecule has 0 saturated carbocycles. The molecule has 2 rings (SSSR count). The van der Waals surface area contributed by atoms with Gasteiger partial charge in [-0.05, 0) is 17.9 Å². The average molecular weight is 334 g/mol. The Hall–Kier alpha value is -3.77. The van der Waals surface area contributed by atoms with E-state index in [2.05, 4.69) is 25.9 Å². The van der Waals surface area contributed by atoms with E-state index in [1.54, 1.807) is 0 Å². The lowest BCUT2D eigenvalue weighted by atomic mass is 10.2. The molecule has 1 aromatic carbocycles. The highest BCUT2D eigenvalue weighted by Gasteiger charge is 2.19. The number of tetrazole rings is 1. The van der Waals surface area contributed by atoms with Gasteiger partial charge in [0, 0.05) is 11.3 Å². The third kappa shape index (κ3) is 3.90. The van der Waals surface area contributed by atoms with Gasteiger partial charge < -0.3 is 10.1 Å². The predicted molar refractivity (Wildman–Crippen MR) is 78.1 cm³/mol. The Balaban J connectivity index is 2.05. The molecule has 0 saturated heterocycles. The van der Waals surface area contributed by atoms with Crippen LogP contribution in [0.25, 0.3) is 0 Å². The minimum absolute atomic E-state index is 0.0575. The molecule has 0 bridgehead atoms. The summed E-state index contributed by atoms with van der Waals surface area (Å²) >= 11 is 0. The Labute approximate surface area is 133 Å². The van der Waals surface area contributed by atoms with Gasteiger partial charge in [-0.25, -0.2) is 5.43 Å². The Morgan fingerprint density at radius 1 is 1.29 bits per heavy atom. The maximum Gasteiger partial charge on any atom is 0.514 e. The highest BCUT2D eigenvalue weighted by atomic mass is 16.6. The Morgan fingerprint density at radius 2 is 2.00 bits per heavy atom. The number of aromatic nitrogens is 4. The fourth-order valence-corrected chi connectivity index (χ4v) is 1.65. The molecule has 1 aromatic heterocycles. The van der Waals surface area contributed by atoms with Crippen LogP contribution in [0.15, 0.2) is 29.4 Å². The minimum atomic E-state index is -0.799. The van der Waals surface area contributed by atoms with Crippen LogP contribution in [-0.2, 0) is 6.54 Å². The normalized spacial score (nSPS) is 11.1. The zero-order valence-corrected chi connectivity index (χ0v) is 12.2. The van der Waals surface area contributed by atoms with Crippen LogP contribution in [-0.4, -0.2) is 41.7 Å². The van der Waals surface area contributed by atoms with Crippen LogP contribution >= 0.6 is 0 Å². The molecule has 1 heterocycles. The number of nitrogens with zero attached hydrogens (tertiary/aromatic N) is 7. The van der Waals surface area contributed by atoms with Gasteiger partial charge in [0.1, 0.15) is 12.1 Å². The monoisotopic (exact) mass is 334 g/mol. The summed E-state index contributed by atoms with van der Waals surface area (Å²) in [6, 6.07) is 5.41. The van der Waals surface area contributed by atoms with Crippen molar-refractivity contribution in [3.63, 3.8) is 0 Å². The molecule has 0 unspecified atom stereocenters. The van der Waals surface area contributed by atoms with Crippen molar-refractivity contribution in [3.8, 4) is 0 Å². The average Bonchev–Trinajstić information content (AvgIpc) is 3.01. The van der Waals surface area contributed by atoms with E-state index in [-0.39, 0.29) is 17.8 Å². The topological polar surface area (TPSA) is 171 Å². The van der Waals surface area contributed by atoms with Crippen molar-refractivity contribution >= 4 is 23.3 Å². The minimum Gasteiger partial charge on any atom is -0.390 e. The maximum absolute atomic E-state index is 12.0. The van der Waals surface area contributed by atoms with Crippen LogP contribution in [0.5, 0.6) is 0 Å². The van der Waals surface area contributed by atoms with E-state index in [1.165, 1.54) is 31.2 Å². The van der Waals surface area contributed by atoms with Gasteiger partial charge in [-0.1, -0.05) is 16.9 Å². The summed E-state index contributed by atoms with van der Waals surface area (Å²) in [4.78, 5) is 32.7. The summed E-state index contributed by atoms with van der Waals surface area (Å²) in [5.74, 6) is -1.43. The van der Waals surface area contributed by atoms with E-state index in [1.807, 2.05) is 0 Å². The number of amides is 1. The molecule has 24 heavy (non-hydrogen) atoms. The van der Waals surface area contributed by atoms with Crippen molar-refractivity contribution in [3.05, 3.63) is 50.1 Å². The van der Waals surface area contributed by atoms with Crippen molar-refractivity contribution in [1.82, 2.24) is 25.6 Å². The third-order valence-electron chi connectivity index (χ3n) is 2.67. The summed E-state index contributed by atoms with van der Waals surface area (Å²) in [5.41, 5.74) is 1.97. The van der Waals surface area contributed by atoms with Gasteiger partial charge in [0.25, 0.3) is 11.6 Å². The SMILES string of the molecule is C/C(Cn1nnc([N+](=O)[O-])n1)=N/NC(=O)c1ccccc1[N+](=O)[O-]. The second-order valence-electron chi connectivity index (χ2n) is 4.44. The van der Waals surface area contributed by atoms with Crippen molar-refractivity contribution in [2.45, 2.75) is 13.5 Å². The number of hydrazone groups is 1. The first kappa shape index (κ1) is 16.6. The van der Waals surface area contributed by atoms with E-state index in [0.29, 0.717) is 5.71 Å². The molecular formula is C11H10N8O5. The molecule has 1 amide bonds. The van der Waals surface area contributed by atoms with Crippen LogP contribution in [0.2, 0.25) is 0 Å². The van der Waals surface area contributed by atoms with Crippen LogP contribution in [0.4, 0.5) is 11.6 Å². The molecule has 0 radical (unpaired) electrons. The van der Waals surface area contributed by atoms with Crippen LogP contribution in [0, 0.1) is 20.2 Å². The fraction of sp³-hybridized carbons (Fsp3) is 0.182. The van der Waals surface area contributed by atoms with Gasteiger partial charge in [0.2, 0.25) is 0 Å². The predicted octanol–water partition coefficient (Wildman–Crippen LogP) is 0.295. The number of nitro groups is 2. The van der Waals surface area contributed by atoms with Crippen LogP contribution in [0.3, 0.4) is 0 Å². The largest absolute Gasteiger partial charge is 0.514 e. The van der Waals surface area contributed by atoms with Crippen molar-refractivity contribution in [2.24, 2.45) is 5.10 Å². The second kappa shape index (κ2) is 6.99.